The lowest BCUT2D eigenvalue weighted by atomic mass is 10.0. The molecule has 0 atom stereocenters. The molecule has 112 valence electrons. The standard InChI is InChI=1S/C16H24O4/c1-3-5-6-7-8-9-13-10-11-15(17)14(12-13)16(18)20-19-4-2/h10-12,17H,3-9H2,1-2H3. The van der Waals surface area contributed by atoms with E-state index in [1.54, 1.807) is 13.0 Å². The van der Waals surface area contributed by atoms with Crippen LogP contribution in [0.3, 0.4) is 0 Å². The summed E-state index contributed by atoms with van der Waals surface area (Å²) in [7, 11) is 0. The summed E-state index contributed by atoms with van der Waals surface area (Å²) in [4.78, 5) is 20.9. The maximum Gasteiger partial charge on any atom is 0.376 e. The summed E-state index contributed by atoms with van der Waals surface area (Å²) in [6, 6.07) is 5.05. The molecule has 0 aromatic heterocycles. The SMILES string of the molecule is CCCCCCCc1ccc(O)c(C(=O)OOCC)c1. The van der Waals surface area contributed by atoms with Crippen molar-refractivity contribution >= 4 is 5.97 Å². The van der Waals surface area contributed by atoms with Crippen molar-refractivity contribution in [2.45, 2.75) is 52.4 Å². The smallest absolute Gasteiger partial charge is 0.376 e. The molecule has 1 rings (SSSR count). The summed E-state index contributed by atoms with van der Waals surface area (Å²) in [5.74, 6) is -0.735. The summed E-state index contributed by atoms with van der Waals surface area (Å²) in [5, 5.41) is 9.69. The first-order valence-corrected chi connectivity index (χ1v) is 7.34. The number of carbonyl (C=O) groups excluding carboxylic acids is 1. The number of aryl methyl sites for hydroxylation is 1. The number of unbranched alkanes of at least 4 members (excludes halogenated alkanes) is 4. The topological polar surface area (TPSA) is 55.8 Å². The zero-order valence-electron chi connectivity index (χ0n) is 12.4. The van der Waals surface area contributed by atoms with Crippen molar-refractivity contribution in [2.24, 2.45) is 0 Å². The zero-order chi connectivity index (χ0) is 14.8. The molecule has 0 unspecified atom stereocenters. The lowest BCUT2D eigenvalue weighted by Crippen LogP contribution is -2.06. The predicted octanol–water partition coefficient (Wildman–Crippen LogP) is 4.01. The fourth-order valence-electron chi connectivity index (χ4n) is 1.99. The molecule has 0 aliphatic carbocycles. The van der Waals surface area contributed by atoms with E-state index in [0.29, 0.717) is 0 Å². The fraction of sp³-hybridized carbons (Fsp3) is 0.562. The van der Waals surface area contributed by atoms with E-state index in [-0.39, 0.29) is 17.9 Å². The van der Waals surface area contributed by atoms with Gasteiger partial charge in [0.1, 0.15) is 11.3 Å². The Bertz CT molecular complexity index is 415. The van der Waals surface area contributed by atoms with Gasteiger partial charge in [-0.05, 0) is 37.5 Å². The minimum atomic E-state index is -0.655. The van der Waals surface area contributed by atoms with E-state index >= 15 is 0 Å². The average Bonchev–Trinajstić information content (AvgIpc) is 2.46. The summed E-state index contributed by atoms with van der Waals surface area (Å²) in [5.41, 5.74) is 1.19. The molecular formula is C16H24O4. The van der Waals surface area contributed by atoms with Crippen molar-refractivity contribution in [3.8, 4) is 5.75 Å². The Hall–Kier alpha value is -1.55. The molecule has 0 amide bonds. The average molecular weight is 280 g/mol. The van der Waals surface area contributed by atoms with Crippen molar-refractivity contribution in [2.75, 3.05) is 6.61 Å². The minimum Gasteiger partial charge on any atom is -0.507 e. The van der Waals surface area contributed by atoms with E-state index in [4.69, 9.17) is 0 Å². The van der Waals surface area contributed by atoms with Crippen molar-refractivity contribution in [3.63, 3.8) is 0 Å². The monoisotopic (exact) mass is 280 g/mol. The Kier molecular flexibility index (Phi) is 7.73. The van der Waals surface area contributed by atoms with Crippen LogP contribution < -0.4 is 0 Å². The zero-order valence-corrected chi connectivity index (χ0v) is 12.4. The highest BCUT2D eigenvalue weighted by molar-refractivity contribution is 5.92. The molecule has 0 heterocycles. The number of aromatic hydroxyl groups is 1. The van der Waals surface area contributed by atoms with Crippen LogP contribution in [0.5, 0.6) is 5.75 Å². The molecule has 0 aliphatic heterocycles. The number of rotatable bonds is 9. The molecule has 4 heteroatoms. The third kappa shape index (κ3) is 5.61. The first-order valence-electron chi connectivity index (χ1n) is 7.34. The van der Waals surface area contributed by atoms with Gasteiger partial charge in [-0.2, -0.15) is 4.89 Å². The van der Waals surface area contributed by atoms with Gasteiger partial charge in [0.05, 0.1) is 6.61 Å². The molecule has 0 radical (unpaired) electrons. The van der Waals surface area contributed by atoms with Crippen molar-refractivity contribution in [1.82, 2.24) is 0 Å². The number of carbonyl (C=O) groups is 1. The largest absolute Gasteiger partial charge is 0.507 e. The molecule has 0 saturated carbocycles. The minimum absolute atomic E-state index is 0.0792. The van der Waals surface area contributed by atoms with Crippen LogP contribution in [0, 0.1) is 0 Å². The van der Waals surface area contributed by atoms with Gasteiger partial charge in [-0.3, -0.25) is 4.89 Å². The van der Waals surface area contributed by atoms with Crippen LogP contribution in [-0.4, -0.2) is 17.7 Å². The maximum atomic E-state index is 11.7. The van der Waals surface area contributed by atoms with Gasteiger partial charge in [0, 0.05) is 0 Å². The summed E-state index contributed by atoms with van der Waals surface area (Å²) >= 11 is 0. The first kappa shape index (κ1) is 16.5. The van der Waals surface area contributed by atoms with Gasteiger partial charge in [0.2, 0.25) is 0 Å². The van der Waals surface area contributed by atoms with Gasteiger partial charge < -0.3 is 5.11 Å². The second-order valence-corrected chi connectivity index (χ2v) is 4.79. The molecule has 0 spiro atoms. The van der Waals surface area contributed by atoms with Gasteiger partial charge in [0.25, 0.3) is 0 Å². The van der Waals surface area contributed by atoms with Gasteiger partial charge >= 0.3 is 5.97 Å². The Morgan fingerprint density at radius 2 is 1.90 bits per heavy atom. The molecule has 1 aromatic rings. The highest BCUT2D eigenvalue weighted by atomic mass is 17.2. The fourth-order valence-corrected chi connectivity index (χ4v) is 1.99. The molecule has 1 aromatic carbocycles. The molecule has 0 saturated heterocycles. The predicted molar refractivity (Wildman–Crippen MR) is 77.6 cm³/mol. The van der Waals surface area contributed by atoms with E-state index in [0.717, 1.165) is 18.4 Å². The number of hydrogen-bond acceptors (Lipinski definition) is 4. The van der Waals surface area contributed by atoms with E-state index in [1.807, 2.05) is 6.07 Å². The second-order valence-electron chi connectivity index (χ2n) is 4.79. The van der Waals surface area contributed by atoms with Crippen LogP contribution in [0.25, 0.3) is 0 Å². The molecule has 1 N–H and O–H groups in total. The van der Waals surface area contributed by atoms with Crippen LogP contribution in [0.1, 0.15) is 61.9 Å². The third-order valence-electron chi connectivity index (χ3n) is 3.10. The molecule has 0 bridgehead atoms. The Balaban J connectivity index is 2.54. The number of hydrogen-bond donors (Lipinski definition) is 1. The van der Waals surface area contributed by atoms with Crippen molar-refractivity contribution < 1.29 is 19.7 Å². The van der Waals surface area contributed by atoms with Gasteiger partial charge in [-0.1, -0.05) is 38.7 Å². The summed E-state index contributed by atoms with van der Waals surface area (Å²) in [6.45, 7) is 4.19. The Morgan fingerprint density at radius 3 is 2.60 bits per heavy atom. The number of benzene rings is 1. The first-order chi connectivity index (χ1) is 9.69. The quantitative estimate of drug-likeness (QED) is 0.422. The molecule has 0 aliphatic rings. The normalized spacial score (nSPS) is 10.5. The third-order valence-corrected chi connectivity index (χ3v) is 3.10. The molecule has 0 fully saturated rings. The van der Waals surface area contributed by atoms with Crippen LogP contribution in [-0.2, 0) is 16.2 Å². The van der Waals surface area contributed by atoms with E-state index in [1.165, 1.54) is 31.7 Å². The van der Waals surface area contributed by atoms with Gasteiger partial charge in [0.15, 0.2) is 0 Å². The summed E-state index contributed by atoms with van der Waals surface area (Å²) in [6.07, 6.45) is 6.92. The highest BCUT2D eigenvalue weighted by Gasteiger charge is 2.14. The van der Waals surface area contributed by atoms with E-state index in [9.17, 15) is 9.90 Å². The van der Waals surface area contributed by atoms with Gasteiger partial charge in [-0.25, -0.2) is 4.79 Å². The Labute approximate surface area is 120 Å². The lowest BCUT2D eigenvalue weighted by Gasteiger charge is -2.07. The van der Waals surface area contributed by atoms with Crippen LogP contribution in [0.4, 0.5) is 0 Å². The van der Waals surface area contributed by atoms with Crippen molar-refractivity contribution in [1.29, 1.82) is 0 Å². The molecule has 20 heavy (non-hydrogen) atoms. The summed E-state index contributed by atoms with van der Waals surface area (Å²) < 4.78 is 0. The van der Waals surface area contributed by atoms with E-state index < -0.39 is 5.97 Å². The van der Waals surface area contributed by atoms with Crippen LogP contribution in [0.15, 0.2) is 18.2 Å². The maximum absolute atomic E-state index is 11.7. The van der Waals surface area contributed by atoms with Gasteiger partial charge in [-0.15, -0.1) is 0 Å². The van der Waals surface area contributed by atoms with Crippen molar-refractivity contribution in [3.05, 3.63) is 29.3 Å². The number of phenolic OH excluding ortho intramolecular Hbond substituents is 1. The molecular weight excluding hydrogens is 256 g/mol. The molecule has 4 nitrogen and oxygen atoms in total. The lowest BCUT2D eigenvalue weighted by molar-refractivity contribution is -0.237. The van der Waals surface area contributed by atoms with Crippen LogP contribution >= 0.6 is 0 Å². The second kappa shape index (κ2) is 9.37. The Morgan fingerprint density at radius 1 is 1.15 bits per heavy atom. The van der Waals surface area contributed by atoms with E-state index in [2.05, 4.69) is 16.7 Å². The highest BCUT2D eigenvalue weighted by Crippen LogP contribution is 2.21. The number of phenols is 1. The van der Waals surface area contributed by atoms with Crippen LogP contribution in [0.2, 0.25) is 0 Å².